The maximum atomic E-state index is 5.21. The minimum Gasteiger partial charge on any atom is -0.370 e. The van der Waals surface area contributed by atoms with Crippen LogP contribution in [-0.4, -0.2) is 26.2 Å². The SMILES string of the molecule is C#CCNCCN1CCCc2cc(C)ccc21. The lowest BCUT2D eigenvalue weighted by molar-refractivity contribution is 0.654. The van der Waals surface area contributed by atoms with Gasteiger partial charge in [-0.25, -0.2) is 0 Å². The van der Waals surface area contributed by atoms with Crippen LogP contribution in [0.25, 0.3) is 0 Å². The largest absolute Gasteiger partial charge is 0.370 e. The van der Waals surface area contributed by atoms with Crippen LogP contribution in [0.15, 0.2) is 18.2 Å². The Morgan fingerprint density at radius 2 is 2.35 bits per heavy atom. The molecule has 0 saturated carbocycles. The average Bonchev–Trinajstić information content (AvgIpc) is 2.34. The number of aryl methyl sites for hydroxylation is 2. The van der Waals surface area contributed by atoms with Gasteiger partial charge in [0.15, 0.2) is 0 Å². The summed E-state index contributed by atoms with van der Waals surface area (Å²) in [5, 5.41) is 3.25. The first-order valence-electron chi connectivity index (χ1n) is 6.30. The maximum Gasteiger partial charge on any atom is 0.0574 e. The number of hydrogen-bond donors (Lipinski definition) is 1. The van der Waals surface area contributed by atoms with Gasteiger partial charge in [-0.3, -0.25) is 0 Å². The zero-order valence-corrected chi connectivity index (χ0v) is 10.5. The first-order chi connectivity index (χ1) is 8.31. The molecule has 0 fully saturated rings. The van der Waals surface area contributed by atoms with E-state index in [1.165, 1.54) is 29.7 Å². The van der Waals surface area contributed by atoms with Gasteiger partial charge in [-0.15, -0.1) is 6.42 Å². The van der Waals surface area contributed by atoms with Crippen LogP contribution in [0.1, 0.15) is 17.5 Å². The molecular formula is C15H20N2. The van der Waals surface area contributed by atoms with Crippen molar-refractivity contribution < 1.29 is 0 Å². The summed E-state index contributed by atoms with van der Waals surface area (Å²) >= 11 is 0. The van der Waals surface area contributed by atoms with Crippen molar-refractivity contribution in [3.05, 3.63) is 29.3 Å². The molecule has 0 aliphatic carbocycles. The van der Waals surface area contributed by atoms with Gasteiger partial charge >= 0.3 is 0 Å². The molecule has 1 N–H and O–H groups in total. The lowest BCUT2D eigenvalue weighted by atomic mass is 10.00. The number of benzene rings is 1. The maximum absolute atomic E-state index is 5.21. The molecule has 0 atom stereocenters. The fourth-order valence-corrected chi connectivity index (χ4v) is 2.41. The summed E-state index contributed by atoms with van der Waals surface area (Å²) in [6.07, 6.45) is 7.68. The quantitative estimate of drug-likeness (QED) is 0.626. The molecule has 0 saturated heterocycles. The Hall–Kier alpha value is -1.46. The number of nitrogens with one attached hydrogen (secondary N) is 1. The summed E-state index contributed by atoms with van der Waals surface area (Å²) in [6.45, 7) is 5.98. The van der Waals surface area contributed by atoms with Crippen molar-refractivity contribution in [2.45, 2.75) is 19.8 Å². The van der Waals surface area contributed by atoms with Crippen molar-refractivity contribution >= 4 is 5.69 Å². The Morgan fingerprint density at radius 3 is 3.18 bits per heavy atom. The fourth-order valence-electron chi connectivity index (χ4n) is 2.41. The van der Waals surface area contributed by atoms with Gasteiger partial charge in [0.2, 0.25) is 0 Å². The Morgan fingerprint density at radius 1 is 1.47 bits per heavy atom. The van der Waals surface area contributed by atoms with Crippen LogP contribution in [0.4, 0.5) is 5.69 Å². The van der Waals surface area contributed by atoms with E-state index in [-0.39, 0.29) is 0 Å². The number of anilines is 1. The van der Waals surface area contributed by atoms with Crippen LogP contribution in [0.5, 0.6) is 0 Å². The molecule has 2 heteroatoms. The van der Waals surface area contributed by atoms with E-state index in [1.807, 2.05) is 0 Å². The van der Waals surface area contributed by atoms with Crippen LogP contribution in [0, 0.1) is 19.3 Å². The smallest absolute Gasteiger partial charge is 0.0574 e. The molecule has 1 aromatic rings. The highest BCUT2D eigenvalue weighted by Gasteiger charge is 2.15. The topological polar surface area (TPSA) is 15.3 Å². The van der Waals surface area contributed by atoms with Crippen LogP contribution in [0.3, 0.4) is 0 Å². The van der Waals surface area contributed by atoms with Crippen molar-refractivity contribution in [1.82, 2.24) is 5.32 Å². The van der Waals surface area contributed by atoms with Gasteiger partial charge in [0.25, 0.3) is 0 Å². The first-order valence-corrected chi connectivity index (χ1v) is 6.30. The Balaban J connectivity index is 2.00. The predicted octanol–water partition coefficient (Wildman–Crippen LogP) is 1.97. The Bertz CT molecular complexity index is 417. The third kappa shape index (κ3) is 3.01. The fraction of sp³-hybridized carbons (Fsp3) is 0.467. The summed E-state index contributed by atoms with van der Waals surface area (Å²) in [7, 11) is 0. The molecule has 1 aromatic carbocycles. The van der Waals surface area contributed by atoms with Crippen molar-refractivity contribution in [3.63, 3.8) is 0 Å². The van der Waals surface area contributed by atoms with E-state index < -0.39 is 0 Å². The van der Waals surface area contributed by atoms with Crippen molar-refractivity contribution in [3.8, 4) is 12.3 Å². The van der Waals surface area contributed by atoms with Crippen LogP contribution in [0.2, 0.25) is 0 Å². The highest BCUT2D eigenvalue weighted by atomic mass is 15.1. The monoisotopic (exact) mass is 228 g/mol. The molecule has 0 bridgehead atoms. The number of nitrogens with zero attached hydrogens (tertiary/aromatic N) is 1. The molecule has 0 amide bonds. The second kappa shape index (κ2) is 5.75. The van der Waals surface area contributed by atoms with Gasteiger partial charge in [-0.1, -0.05) is 23.6 Å². The van der Waals surface area contributed by atoms with Crippen LogP contribution < -0.4 is 10.2 Å². The van der Waals surface area contributed by atoms with E-state index in [0.717, 1.165) is 19.6 Å². The van der Waals surface area contributed by atoms with E-state index in [0.29, 0.717) is 6.54 Å². The lowest BCUT2D eigenvalue weighted by Gasteiger charge is -2.31. The van der Waals surface area contributed by atoms with Crippen molar-refractivity contribution in [2.24, 2.45) is 0 Å². The number of terminal acetylenes is 1. The van der Waals surface area contributed by atoms with Gasteiger partial charge in [-0.05, 0) is 31.4 Å². The summed E-state index contributed by atoms with van der Waals surface area (Å²) in [5.74, 6) is 2.60. The lowest BCUT2D eigenvalue weighted by Crippen LogP contribution is -2.35. The summed E-state index contributed by atoms with van der Waals surface area (Å²) < 4.78 is 0. The van der Waals surface area contributed by atoms with E-state index in [4.69, 9.17) is 6.42 Å². The van der Waals surface area contributed by atoms with Crippen molar-refractivity contribution in [2.75, 3.05) is 31.1 Å². The minimum atomic E-state index is 0.661. The molecule has 2 nitrogen and oxygen atoms in total. The second-order valence-electron chi connectivity index (χ2n) is 4.60. The molecule has 2 rings (SSSR count). The third-order valence-electron chi connectivity index (χ3n) is 3.24. The minimum absolute atomic E-state index is 0.661. The number of hydrogen-bond acceptors (Lipinski definition) is 2. The molecule has 17 heavy (non-hydrogen) atoms. The number of rotatable bonds is 4. The van der Waals surface area contributed by atoms with E-state index in [1.54, 1.807) is 0 Å². The summed E-state index contributed by atoms with van der Waals surface area (Å²) in [6, 6.07) is 6.77. The average molecular weight is 228 g/mol. The third-order valence-corrected chi connectivity index (χ3v) is 3.24. The van der Waals surface area contributed by atoms with E-state index in [2.05, 4.69) is 41.3 Å². The Kier molecular flexibility index (Phi) is 4.06. The molecule has 0 spiro atoms. The highest BCUT2D eigenvalue weighted by molar-refractivity contribution is 5.56. The zero-order valence-electron chi connectivity index (χ0n) is 10.5. The summed E-state index contributed by atoms with van der Waals surface area (Å²) in [4.78, 5) is 2.46. The molecule has 1 heterocycles. The first kappa shape index (κ1) is 12.0. The predicted molar refractivity (Wildman–Crippen MR) is 73.4 cm³/mol. The summed E-state index contributed by atoms with van der Waals surface area (Å²) in [5.41, 5.74) is 4.26. The van der Waals surface area contributed by atoms with Gasteiger partial charge in [0.1, 0.15) is 0 Å². The van der Waals surface area contributed by atoms with E-state index >= 15 is 0 Å². The zero-order chi connectivity index (χ0) is 12.1. The molecule has 0 unspecified atom stereocenters. The standard InChI is InChI=1S/C15H20N2/c1-3-8-16-9-11-17-10-4-5-14-12-13(2)6-7-15(14)17/h1,6-7,12,16H,4-5,8-11H2,2H3. The molecule has 90 valence electrons. The number of fused-ring (bicyclic) bond motifs is 1. The normalized spacial score (nSPS) is 14.2. The molecule has 1 aliphatic rings. The van der Waals surface area contributed by atoms with Gasteiger partial charge in [0, 0.05) is 25.3 Å². The molecular weight excluding hydrogens is 208 g/mol. The molecule has 1 aliphatic heterocycles. The van der Waals surface area contributed by atoms with Crippen molar-refractivity contribution in [1.29, 1.82) is 0 Å². The molecule has 0 radical (unpaired) electrons. The van der Waals surface area contributed by atoms with Gasteiger partial charge in [-0.2, -0.15) is 0 Å². The van der Waals surface area contributed by atoms with Gasteiger partial charge in [0.05, 0.1) is 6.54 Å². The van der Waals surface area contributed by atoms with E-state index in [9.17, 15) is 0 Å². The van der Waals surface area contributed by atoms with Crippen LogP contribution >= 0.6 is 0 Å². The second-order valence-corrected chi connectivity index (χ2v) is 4.60. The highest BCUT2D eigenvalue weighted by Crippen LogP contribution is 2.27. The van der Waals surface area contributed by atoms with Crippen LogP contribution in [-0.2, 0) is 6.42 Å². The molecule has 0 aromatic heterocycles. The van der Waals surface area contributed by atoms with Gasteiger partial charge < -0.3 is 10.2 Å². The Labute approximate surface area is 104 Å².